The lowest BCUT2D eigenvalue weighted by Crippen LogP contribution is -2.18. The molecule has 0 aliphatic carbocycles. The van der Waals surface area contributed by atoms with Crippen molar-refractivity contribution >= 4 is 21.4 Å². The monoisotopic (exact) mass is 245 g/mol. The van der Waals surface area contributed by atoms with E-state index < -0.39 is 10.0 Å². The summed E-state index contributed by atoms with van der Waals surface area (Å²) < 4.78 is 30.4. The lowest BCUT2D eigenvalue weighted by molar-refractivity contribution is 0.199. The number of anilines is 2. The van der Waals surface area contributed by atoms with Crippen molar-refractivity contribution in [3.8, 4) is 0 Å². The Kier molecular flexibility index (Phi) is 4.51. The molecule has 0 atom stereocenters. The molecule has 1 heterocycles. The van der Waals surface area contributed by atoms with E-state index in [1.54, 1.807) is 0 Å². The summed E-state index contributed by atoms with van der Waals surface area (Å²) in [5.74, 6) is 0.00258. The number of nitrogen functional groups attached to an aromatic ring is 1. The summed E-state index contributed by atoms with van der Waals surface area (Å²) >= 11 is 0. The maximum absolute atomic E-state index is 11.6. The van der Waals surface area contributed by atoms with Gasteiger partial charge in [-0.05, 0) is 12.5 Å². The van der Waals surface area contributed by atoms with Gasteiger partial charge in [0.05, 0.1) is 23.3 Å². The van der Waals surface area contributed by atoms with Crippen LogP contribution in [-0.2, 0) is 14.8 Å². The second-order valence-corrected chi connectivity index (χ2v) is 5.07. The van der Waals surface area contributed by atoms with Gasteiger partial charge in [-0.25, -0.2) is 8.42 Å². The summed E-state index contributed by atoms with van der Waals surface area (Å²) in [4.78, 5) is 3.77. The van der Waals surface area contributed by atoms with Crippen LogP contribution in [0.15, 0.2) is 18.5 Å². The van der Waals surface area contributed by atoms with Gasteiger partial charge in [0.1, 0.15) is 0 Å². The van der Waals surface area contributed by atoms with Gasteiger partial charge in [0.2, 0.25) is 10.0 Å². The number of nitrogens with zero attached hydrogens (tertiary/aromatic N) is 1. The molecule has 0 aliphatic rings. The standard InChI is InChI=1S/C9H15N3O3S/c1-15-5-2-6-16(13,14)12-9-3-4-11-7-8(9)10/h3-4,7H,2,5-6,10H2,1H3,(H,11,12). The summed E-state index contributed by atoms with van der Waals surface area (Å²) in [6.07, 6.45) is 3.31. The van der Waals surface area contributed by atoms with Crippen LogP contribution in [0.5, 0.6) is 0 Å². The van der Waals surface area contributed by atoms with E-state index in [1.807, 2.05) is 0 Å². The van der Waals surface area contributed by atoms with Crippen molar-refractivity contribution in [3.63, 3.8) is 0 Å². The number of nitrogens with one attached hydrogen (secondary N) is 1. The summed E-state index contributed by atoms with van der Waals surface area (Å²) in [6, 6.07) is 1.52. The normalized spacial score (nSPS) is 11.3. The van der Waals surface area contributed by atoms with Gasteiger partial charge in [-0.3, -0.25) is 9.71 Å². The van der Waals surface area contributed by atoms with Gasteiger partial charge in [-0.1, -0.05) is 0 Å². The van der Waals surface area contributed by atoms with Gasteiger partial charge in [-0.15, -0.1) is 0 Å². The molecule has 6 nitrogen and oxygen atoms in total. The van der Waals surface area contributed by atoms with Gasteiger partial charge in [0.25, 0.3) is 0 Å². The second-order valence-electron chi connectivity index (χ2n) is 3.23. The quantitative estimate of drug-likeness (QED) is 0.709. The largest absolute Gasteiger partial charge is 0.396 e. The molecule has 7 heteroatoms. The van der Waals surface area contributed by atoms with Crippen LogP contribution >= 0.6 is 0 Å². The number of pyridine rings is 1. The first kappa shape index (κ1) is 12.7. The van der Waals surface area contributed by atoms with Crippen LogP contribution in [-0.4, -0.2) is 32.9 Å². The molecule has 0 amide bonds. The fraction of sp³-hybridized carbons (Fsp3) is 0.444. The zero-order valence-corrected chi connectivity index (χ0v) is 9.83. The predicted octanol–water partition coefficient (Wildman–Crippen LogP) is 0.442. The second kappa shape index (κ2) is 5.66. The Morgan fingerprint density at radius 1 is 1.56 bits per heavy atom. The number of hydrogen-bond acceptors (Lipinski definition) is 5. The Bertz CT molecular complexity index is 433. The van der Waals surface area contributed by atoms with Crippen molar-refractivity contribution in [1.29, 1.82) is 0 Å². The zero-order valence-electron chi connectivity index (χ0n) is 9.01. The number of nitrogens with two attached hydrogens (primary N) is 1. The molecule has 0 spiro atoms. The van der Waals surface area contributed by atoms with Gasteiger partial charge in [0, 0.05) is 19.9 Å². The molecular weight excluding hydrogens is 230 g/mol. The van der Waals surface area contributed by atoms with E-state index >= 15 is 0 Å². The SMILES string of the molecule is COCCCS(=O)(=O)Nc1ccncc1N. The van der Waals surface area contributed by atoms with E-state index in [0.717, 1.165) is 0 Å². The first-order valence-electron chi connectivity index (χ1n) is 4.74. The van der Waals surface area contributed by atoms with Gasteiger partial charge >= 0.3 is 0 Å². The molecule has 16 heavy (non-hydrogen) atoms. The maximum Gasteiger partial charge on any atom is 0.232 e. The third-order valence-electron chi connectivity index (χ3n) is 1.88. The molecule has 0 saturated heterocycles. The zero-order chi connectivity index (χ0) is 12.0. The Balaban J connectivity index is 2.63. The Morgan fingerprint density at radius 2 is 2.31 bits per heavy atom. The molecule has 1 rings (SSSR count). The van der Waals surface area contributed by atoms with Crippen LogP contribution in [0, 0.1) is 0 Å². The molecule has 1 aromatic heterocycles. The van der Waals surface area contributed by atoms with Crippen LogP contribution in [0.25, 0.3) is 0 Å². The van der Waals surface area contributed by atoms with Gasteiger partial charge < -0.3 is 10.5 Å². The van der Waals surface area contributed by atoms with Crippen molar-refractivity contribution in [3.05, 3.63) is 18.5 Å². The molecule has 0 aromatic carbocycles. The number of methoxy groups -OCH3 is 1. The van der Waals surface area contributed by atoms with Crippen molar-refractivity contribution in [2.45, 2.75) is 6.42 Å². The Morgan fingerprint density at radius 3 is 2.94 bits per heavy atom. The molecule has 0 radical (unpaired) electrons. The Labute approximate surface area is 94.9 Å². The maximum atomic E-state index is 11.6. The number of hydrogen-bond donors (Lipinski definition) is 2. The molecule has 0 aliphatic heterocycles. The fourth-order valence-electron chi connectivity index (χ4n) is 1.11. The van der Waals surface area contributed by atoms with Crippen molar-refractivity contribution in [2.24, 2.45) is 0 Å². The first-order valence-corrected chi connectivity index (χ1v) is 6.39. The van der Waals surface area contributed by atoms with E-state index in [2.05, 4.69) is 9.71 Å². The highest BCUT2D eigenvalue weighted by molar-refractivity contribution is 7.92. The summed E-state index contributed by atoms with van der Waals surface area (Å²) in [6.45, 7) is 0.409. The molecule has 0 bridgehead atoms. The van der Waals surface area contributed by atoms with Crippen molar-refractivity contribution < 1.29 is 13.2 Å². The van der Waals surface area contributed by atoms with Gasteiger partial charge in [0.15, 0.2) is 0 Å². The third-order valence-corrected chi connectivity index (χ3v) is 3.24. The molecule has 90 valence electrons. The molecule has 3 N–H and O–H groups in total. The van der Waals surface area contributed by atoms with Crippen molar-refractivity contribution in [1.82, 2.24) is 4.98 Å². The minimum Gasteiger partial charge on any atom is -0.396 e. The fourth-order valence-corrected chi connectivity index (χ4v) is 2.23. The average molecular weight is 245 g/mol. The summed E-state index contributed by atoms with van der Waals surface area (Å²) in [5, 5.41) is 0. The molecular formula is C9H15N3O3S. The number of sulfonamides is 1. The minimum atomic E-state index is -3.37. The topological polar surface area (TPSA) is 94.3 Å². The van der Waals surface area contributed by atoms with Crippen LogP contribution in [0.4, 0.5) is 11.4 Å². The molecule has 0 unspecified atom stereocenters. The molecule has 0 saturated carbocycles. The summed E-state index contributed by atoms with van der Waals surface area (Å²) in [7, 11) is -1.84. The van der Waals surface area contributed by atoms with E-state index in [9.17, 15) is 8.42 Å². The van der Waals surface area contributed by atoms with E-state index in [4.69, 9.17) is 10.5 Å². The van der Waals surface area contributed by atoms with Crippen LogP contribution in [0.1, 0.15) is 6.42 Å². The van der Waals surface area contributed by atoms with E-state index in [0.29, 0.717) is 24.4 Å². The van der Waals surface area contributed by atoms with Gasteiger partial charge in [-0.2, -0.15) is 0 Å². The van der Waals surface area contributed by atoms with E-state index in [1.165, 1.54) is 25.6 Å². The smallest absolute Gasteiger partial charge is 0.232 e. The lowest BCUT2D eigenvalue weighted by atomic mass is 10.4. The number of rotatable bonds is 6. The van der Waals surface area contributed by atoms with Crippen LogP contribution < -0.4 is 10.5 Å². The van der Waals surface area contributed by atoms with E-state index in [-0.39, 0.29) is 5.75 Å². The molecule has 1 aromatic rings. The Hall–Kier alpha value is -1.34. The highest BCUT2D eigenvalue weighted by Gasteiger charge is 2.11. The minimum absolute atomic E-state index is 0.00258. The predicted molar refractivity (Wildman–Crippen MR) is 62.6 cm³/mol. The third kappa shape index (κ3) is 4.03. The highest BCUT2D eigenvalue weighted by Crippen LogP contribution is 2.16. The first-order chi connectivity index (χ1) is 7.55. The van der Waals surface area contributed by atoms with Crippen LogP contribution in [0.3, 0.4) is 0 Å². The average Bonchev–Trinajstić information content (AvgIpc) is 2.21. The lowest BCUT2D eigenvalue weighted by Gasteiger charge is -2.09. The van der Waals surface area contributed by atoms with Crippen LogP contribution in [0.2, 0.25) is 0 Å². The highest BCUT2D eigenvalue weighted by atomic mass is 32.2. The number of ether oxygens (including phenoxy) is 1. The summed E-state index contributed by atoms with van der Waals surface area (Å²) in [5.41, 5.74) is 6.23. The molecule has 0 fully saturated rings. The number of aromatic nitrogens is 1. The van der Waals surface area contributed by atoms with Crippen molar-refractivity contribution in [2.75, 3.05) is 29.9 Å².